The summed E-state index contributed by atoms with van der Waals surface area (Å²) < 4.78 is 30.8. The lowest BCUT2D eigenvalue weighted by Crippen LogP contribution is -2.34. The molecule has 2 aromatic rings. The Balaban J connectivity index is 2.07. The van der Waals surface area contributed by atoms with Crippen LogP contribution in [0.2, 0.25) is 0 Å². The van der Waals surface area contributed by atoms with E-state index >= 15 is 0 Å². The number of carbonyl (C=O) groups excluding carboxylic acids is 1. The number of nitro benzene ring substituents is 1. The van der Waals surface area contributed by atoms with Crippen molar-refractivity contribution in [3.05, 3.63) is 58.6 Å². The first-order valence-corrected chi connectivity index (χ1v) is 8.83. The van der Waals surface area contributed by atoms with Crippen LogP contribution in [0.4, 0.5) is 11.4 Å². The number of anilines is 1. The highest BCUT2D eigenvalue weighted by molar-refractivity contribution is 7.89. The van der Waals surface area contributed by atoms with Gasteiger partial charge < -0.3 is 10.1 Å². The van der Waals surface area contributed by atoms with Gasteiger partial charge in [0.2, 0.25) is 15.9 Å². The van der Waals surface area contributed by atoms with E-state index in [1.807, 2.05) is 0 Å². The van der Waals surface area contributed by atoms with Crippen LogP contribution in [0.25, 0.3) is 0 Å². The third kappa shape index (κ3) is 4.55. The second-order valence-electron chi connectivity index (χ2n) is 5.29. The normalized spacial score (nSPS) is 11.2. The van der Waals surface area contributed by atoms with Gasteiger partial charge in [0, 0.05) is 24.9 Å². The van der Waals surface area contributed by atoms with E-state index in [9.17, 15) is 23.3 Å². The number of nitrogens with one attached hydrogen (secondary N) is 1. The van der Waals surface area contributed by atoms with Crippen molar-refractivity contribution < 1.29 is 22.9 Å². The monoisotopic (exact) mass is 379 g/mol. The predicted octanol–water partition coefficient (Wildman–Crippen LogP) is 1.86. The minimum Gasteiger partial charge on any atom is -0.497 e. The molecule has 10 heteroatoms. The maximum atomic E-state index is 12.5. The van der Waals surface area contributed by atoms with Gasteiger partial charge >= 0.3 is 0 Å². The number of benzene rings is 2. The number of sulfonamides is 1. The van der Waals surface area contributed by atoms with Crippen molar-refractivity contribution in [2.75, 3.05) is 26.0 Å². The lowest BCUT2D eigenvalue weighted by Gasteiger charge is -2.17. The first-order valence-electron chi connectivity index (χ1n) is 7.39. The summed E-state index contributed by atoms with van der Waals surface area (Å²) in [5.41, 5.74) is 0.0291. The van der Waals surface area contributed by atoms with E-state index in [1.165, 1.54) is 62.7 Å². The molecule has 2 aromatic carbocycles. The zero-order chi connectivity index (χ0) is 19.3. The summed E-state index contributed by atoms with van der Waals surface area (Å²) in [4.78, 5) is 22.3. The van der Waals surface area contributed by atoms with Crippen LogP contribution in [0.15, 0.2) is 53.4 Å². The Bertz CT molecular complexity index is 912. The summed E-state index contributed by atoms with van der Waals surface area (Å²) >= 11 is 0. The summed E-state index contributed by atoms with van der Waals surface area (Å²) in [6.07, 6.45) is 0. The Labute approximate surface area is 150 Å². The molecule has 0 unspecified atom stereocenters. The van der Waals surface area contributed by atoms with E-state index in [1.54, 1.807) is 0 Å². The largest absolute Gasteiger partial charge is 0.497 e. The van der Waals surface area contributed by atoms with Crippen LogP contribution < -0.4 is 10.1 Å². The maximum Gasteiger partial charge on any atom is 0.271 e. The van der Waals surface area contributed by atoms with Crippen molar-refractivity contribution in [2.45, 2.75) is 4.90 Å². The first kappa shape index (κ1) is 19.3. The number of amides is 1. The number of nitrogens with zero attached hydrogens (tertiary/aromatic N) is 2. The van der Waals surface area contributed by atoms with Gasteiger partial charge in [0.05, 0.1) is 23.5 Å². The minimum absolute atomic E-state index is 0.0175. The molecule has 0 spiro atoms. The van der Waals surface area contributed by atoms with Gasteiger partial charge in [0.1, 0.15) is 5.75 Å². The Morgan fingerprint density at radius 1 is 1.23 bits per heavy atom. The van der Waals surface area contributed by atoms with Crippen LogP contribution in [0.1, 0.15) is 0 Å². The summed E-state index contributed by atoms with van der Waals surface area (Å²) in [5.74, 6) is -0.111. The molecule has 9 nitrogen and oxygen atoms in total. The predicted molar refractivity (Wildman–Crippen MR) is 94.5 cm³/mol. The Hall–Kier alpha value is -2.98. The Morgan fingerprint density at radius 2 is 1.88 bits per heavy atom. The quantitative estimate of drug-likeness (QED) is 0.579. The molecule has 0 fully saturated rings. The fourth-order valence-corrected chi connectivity index (χ4v) is 3.24. The van der Waals surface area contributed by atoms with E-state index in [2.05, 4.69) is 5.32 Å². The summed E-state index contributed by atoms with van der Waals surface area (Å²) in [7, 11) is -1.13. The average molecular weight is 379 g/mol. The molecular formula is C16H17N3O6S. The molecular weight excluding hydrogens is 362 g/mol. The van der Waals surface area contributed by atoms with Gasteiger partial charge in [-0.1, -0.05) is 6.07 Å². The molecule has 0 radical (unpaired) electrons. The van der Waals surface area contributed by atoms with E-state index < -0.39 is 27.4 Å². The van der Waals surface area contributed by atoms with Crippen molar-refractivity contribution >= 4 is 27.3 Å². The highest BCUT2D eigenvalue weighted by atomic mass is 32.2. The molecule has 1 amide bonds. The van der Waals surface area contributed by atoms with Crippen molar-refractivity contribution in [1.29, 1.82) is 0 Å². The molecule has 0 saturated heterocycles. The highest BCUT2D eigenvalue weighted by Crippen LogP contribution is 2.19. The lowest BCUT2D eigenvalue weighted by molar-refractivity contribution is -0.384. The Kier molecular flexibility index (Phi) is 5.90. The van der Waals surface area contributed by atoms with E-state index in [4.69, 9.17) is 4.74 Å². The maximum absolute atomic E-state index is 12.5. The van der Waals surface area contributed by atoms with E-state index in [0.717, 1.165) is 4.31 Å². The number of methoxy groups -OCH3 is 1. The number of non-ortho nitro benzene ring substituents is 1. The average Bonchev–Trinajstić information content (AvgIpc) is 2.61. The molecule has 0 aliphatic carbocycles. The second-order valence-corrected chi connectivity index (χ2v) is 7.34. The number of nitro groups is 1. The van der Waals surface area contributed by atoms with Crippen LogP contribution in [0, 0.1) is 10.1 Å². The van der Waals surface area contributed by atoms with Crippen LogP contribution in [-0.2, 0) is 14.8 Å². The smallest absolute Gasteiger partial charge is 0.271 e. The Morgan fingerprint density at radius 3 is 2.46 bits per heavy atom. The number of carbonyl (C=O) groups is 1. The molecule has 1 N–H and O–H groups in total. The summed E-state index contributed by atoms with van der Waals surface area (Å²) in [6.45, 7) is -0.447. The van der Waals surface area contributed by atoms with Gasteiger partial charge in [-0.3, -0.25) is 14.9 Å². The molecule has 26 heavy (non-hydrogen) atoms. The second kappa shape index (κ2) is 7.93. The molecule has 0 bridgehead atoms. The molecule has 0 aliphatic heterocycles. The van der Waals surface area contributed by atoms with Gasteiger partial charge in [-0.25, -0.2) is 8.42 Å². The summed E-state index contributed by atoms with van der Waals surface area (Å²) in [5, 5.41) is 13.2. The van der Waals surface area contributed by atoms with Gasteiger partial charge in [-0.15, -0.1) is 0 Å². The third-order valence-electron chi connectivity index (χ3n) is 3.47. The molecule has 138 valence electrons. The van der Waals surface area contributed by atoms with Crippen molar-refractivity contribution in [3.63, 3.8) is 0 Å². The van der Waals surface area contributed by atoms with Gasteiger partial charge in [-0.05, 0) is 30.3 Å². The van der Waals surface area contributed by atoms with Crippen molar-refractivity contribution in [1.82, 2.24) is 4.31 Å². The fraction of sp³-hybridized carbons (Fsp3) is 0.188. The van der Waals surface area contributed by atoms with Gasteiger partial charge in [0.25, 0.3) is 5.69 Å². The number of ether oxygens (including phenoxy) is 1. The number of rotatable bonds is 7. The van der Waals surface area contributed by atoms with Crippen LogP contribution in [0.5, 0.6) is 5.75 Å². The van der Waals surface area contributed by atoms with Crippen LogP contribution in [-0.4, -0.2) is 44.3 Å². The number of likely N-dealkylation sites (N-methyl/N-ethyl adjacent to an activating group) is 1. The molecule has 0 atom stereocenters. The van der Waals surface area contributed by atoms with E-state index in [-0.39, 0.29) is 16.3 Å². The van der Waals surface area contributed by atoms with Crippen LogP contribution >= 0.6 is 0 Å². The molecule has 0 heterocycles. The molecule has 0 aromatic heterocycles. The minimum atomic E-state index is -3.86. The standard InChI is InChI=1S/C16H17N3O6S/c1-18(26(23,24)15-8-6-14(25-2)7-9-15)11-16(20)17-12-4-3-5-13(10-12)19(21)22/h3-10H,11H2,1-2H3,(H,17,20). The lowest BCUT2D eigenvalue weighted by atomic mass is 10.3. The molecule has 0 aliphatic rings. The third-order valence-corrected chi connectivity index (χ3v) is 5.29. The van der Waals surface area contributed by atoms with Crippen molar-refractivity contribution in [2.24, 2.45) is 0 Å². The SMILES string of the molecule is COc1ccc(S(=O)(=O)N(C)CC(=O)Nc2cccc([N+](=O)[O-])c2)cc1. The number of hydrogen-bond donors (Lipinski definition) is 1. The zero-order valence-electron chi connectivity index (χ0n) is 14.1. The van der Waals surface area contributed by atoms with Gasteiger partial charge in [-0.2, -0.15) is 4.31 Å². The zero-order valence-corrected chi connectivity index (χ0v) is 14.9. The topological polar surface area (TPSA) is 119 Å². The van der Waals surface area contributed by atoms with Crippen molar-refractivity contribution in [3.8, 4) is 5.75 Å². The molecule has 0 saturated carbocycles. The highest BCUT2D eigenvalue weighted by Gasteiger charge is 2.23. The molecule has 2 rings (SSSR count). The summed E-state index contributed by atoms with van der Waals surface area (Å²) in [6, 6.07) is 11.1. The first-order chi connectivity index (χ1) is 12.2. The fourth-order valence-electron chi connectivity index (χ4n) is 2.11. The van der Waals surface area contributed by atoms with E-state index in [0.29, 0.717) is 5.75 Å². The van der Waals surface area contributed by atoms with Crippen LogP contribution in [0.3, 0.4) is 0 Å². The number of hydrogen-bond acceptors (Lipinski definition) is 6. The van der Waals surface area contributed by atoms with Gasteiger partial charge in [0.15, 0.2) is 0 Å².